The van der Waals surface area contributed by atoms with Gasteiger partial charge >= 0.3 is 11.9 Å². The van der Waals surface area contributed by atoms with Gasteiger partial charge in [-0.25, -0.2) is 14.6 Å². The fourth-order valence-electron chi connectivity index (χ4n) is 4.58. The van der Waals surface area contributed by atoms with E-state index in [1.165, 1.54) is 11.1 Å². The number of piperidine rings is 1. The molecule has 0 saturated carbocycles. The van der Waals surface area contributed by atoms with Crippen molar-refractivity contribution >= 4 is 34.9 Å². The summed E-state index contributed by atoms with van der Waals surface area (Å²) in [6, 6.07) is 19.0. The number of carboxylic acid groups (broad SMARTS) is 2. The van der Waals surface area contributed by atoms with E-state index in [1.54, 1.807) is 11.3 Å². The van der Waals surface area contributed by atoms with Gasteiger partial charge in [0, 0.05) is 42.8 Å². The summed E-state index contributed by atoms with van der Waals surface area (Å²) in [6.07, 6.45) is 2.24. The van der Waals surface area contributed by atoms with Crippen LogP contribution < -0.4 is 4.90 Å². The molecule has 0 radical (unpaired) electrons. The number of hydrogen-bond donors (Lipinski definition) is 2. The lowest BCUT2D eigenvalue weighted by Gasteiger charge is -2.47. The molecular formula is C28H33N3O5S. The number of benzene rings is 2. The molecule has 9 heteroatoms. The van der Waals surface area contributed by atoms with Gasteiger partial charge in [0.1, 0.15) is 10.5 Å². The lowest BCUT2D eigenvalue weighted by atomic mass is 9.84. The Kier molecular flexibility index (Phi) is 9.54. The van der Waals surface area contributed by atoms with Crippen molar-refractivity contribution in [2.24, 2.45) is 0 Å². The third-order valence-electron chi connectivity index (χ3n) is 6.37. The number of aryl methyl sites for hydroxylation is 2. The fourth-order valence-corrected chi connectivity index (χ4v) is 5.62. The van der Waals surface area contributed by atoms with Crippen molar-refractivity contribution in [3.8, 4) is 0 Å². The van der Waals surface area contributed by atoms with Crippen molar-refractivity contribution < 1.29 is 24.6 Å². The summed E-state index contributed by atoms with van der Waals surface area (Å²) < 4.78 is 0. The smallest absolute Gasteiger partial charge is 0.414 e. The lowest BCUT2D eigenvalue weighted by molar-refractivity contribution is -0.159. The molecule has 0 spiro atoms. The fraction of sp³-hybridized carbons (Fsp3) is 0.357. The first-order valence-electron chi connectivity index (χ1n) is 12.2. The van der Waals surface area contributed by atoms with Gasteiger partial charge in [-0.1, -0.05) is 49.4 Å². The van der Waals surface area contributed by atoms with Gasteiger partial charge in [0.25, 0.3) is 0 Å². The second kappa shape index (κ2) is 12.6. The highest BCUT2D eigenvalue weighted by Crippen LogP contribution is 2.43. The molecule has 0 unspecified atom stereocenters. The largest absolute Gasteiger partial charge is 0.473 e. The minimum Gasteiger partial charge on any atom is -0.473 e. The zero-order valence-corrected chi connectivity index (χ0v) is 22.2. The van der Waals surface area contributed by atoms with Gasteiger partial charge in [0.2, 0.25) is 5.91 Å². The molecule has 196 valence electrons. The number of rotatable bonds is 6. The highest BCUT2D eigenvalue weighted by atomic mass is 32.1. The average Bonchev–Trinajstić information content (AvgIpc) is 3.33. The van der Waals surface area contributed by atoms with Gasteiger partial charge in [-0.15, -0.1) is 11.3 Å². The van der Waals surface area contributed by atoms with Crippen molar-refractivity contribution in [3.63, 3.8) is 0 Å². The van der Waals surface area contributed by atoms with Crippen LogP contribution in [-0.2, 0) is 26.5 Å². The molecule has 2 N–H and O–H groups in total. The molecule has 0 bridgehead atoms. The van der Waals surface area contributed by atoms with Crippen LogP contribution in [0.3, 0.4) is 0 Å². The average molecular weight is 524 g/mol. The predicted octanol–water partition coefficient (Wildman–Crippen LogP) is 4.85. The zero-order valence-electron chi connectivity index (χ0n) is 21.4. The summed E-state index contributed by atoms with van der Waals surface area (Å²) in [5, 5.41) is 18.0. The first-order chi connectivity index (χ1) is 17.7. The second-order valence-electron chi connectivity index (χ2n) is 9.12. The van der Waals surface area contributed by atoms with Crippen LogP contribution in [0.15, 0.2) is 60.0 Å². The Morgan fingerprint density at radius 1 is 1.00 bits per heavy atom. The van der Waals surface area contributed by atoms with Gasteiger partial charge in [-0.05, 0) is 49.9 Å². The Morgan fingerprint density at radius 2 is 1.65 bits per heavy atom. The van der Waals surface area contributed by atoms with Crippen molar-refractivity contribution in [3.05, 3.63) is 81.8 Å². The third kappa shape index (κ3) is 7.02. The zero-order chi connectivity index (χ0) is 27.0. The topological polar surface area (TPSA) is 111 Å². The van der Waals surface area contributed by atoms with Crippen LogP contribution in [-0.4, -0.2) is 51.0 Å². The highest BCUT2D eigenvalue weighted by Gasteiger charge is 2.46. The first-order valence-corrected chi connectivity index (χ1v) is 13.1. The molecule has 37 heavy (non-hydrogen) atoms. The summed E-state index contributed by atoms with van der Waals surface area (Å²) in [5.41, 5.74) is 4.11. The number of anilines is 1. The summed E-state index contributed by atoms with van der Waals surface area (Å²) in [4.78, 5) is 41.0. The normalized spacial score (nSPS) is 14.8. The second-order valence-corrected chi connectivity index (χ2v) is 9.98. The Bertz CT molecular complexity index is 1210. The highest BCUT2D eigenvalue weighted by molar-refractivity contribution is 7.09. The predicted molar refractivity (Wildman–Crippen MR) is 144 cm³/mol. The number of hydrogen-bond acceptors (Lipinski definition) is 6. The van der Waals surface area contributed by atoms with Crippen LogP contribution in [0, 0.1) is 13.8 Å². The van der Waals surface area contributed by atoms with E-state index >= 15 is 0 Å². The lowest BCUT2D eigenvalue weighted by Crippen LogP contribution is -2.55. The van der Waals surface area contributed by atoms with Crippen LogP contribution in [0.25, 0.3) is 0 Å². The SMILES string of the molecule is CCC(=O)N(c1cccc(C)c1)C1(c2nc(C)cs2)CCN(Cc2ccccc2)CC1.O=C(O)C(=O)O. The van der Waals surface area contributed by atoms with E-state index in [0.29, 0.717) is 6.42 Å². The number of carboxylic acids is 2. The maximum absolute atomic E-state index is 13.4. The van der Waals surface area contributed by atoms with Gasteiger partial charge in [-0.2, -0.15) is 0 Å². The third-order valence-corrected chi connectivity index (χ3v) is 7.53. The van der Waals surface area contributed by atoms with Gasteiger partial charge in [0.05, 0.1) is 0 Å². The molecule has 1 aromatic heterocycles. The van der Waals surface area contributed by atoms with Crippen molar-refractivity contribution in [2.75, 3.05) is 18.0 Å². The number of amides is 1. The number of thiazole rings is 1. The summed E-state index contributed by atoms with van der Waals surface area (Å²) >= 11 is 1.69. The molecule has 1 aliphatic heterocycles. The molecule has 1 aliphatic rings. The van der Waals surface area contributed by atoms with Gasteiger partial charge < -0.3 is 10.2 Å². The molecule has 0 atom stereocenters. The molecule has 2 aromatic carbocycles. The molecular weight excluding hydrogens is 490 g/mol. The van der Waals surface area contributed by atoms with Crippen molar-refractivity contribution in [2.45, 2.75) is 52.1 Å². The molecule has 0 aliphatic carbocycles. The Morgan fingerprint density at radius 3 is 2.16 bits per heavy atom. The van der Waals surface area contributed by atoms with E-state index in [1.807, 2.05) is 19.9 Å². The van der Waals surface area contributed by atoms with Crippen molar-refractivity contribution in [1.29, 1.82) is 0 Å². The molecule has 1 fully saturated rings. The van der Waals surface area contributed by atoms with Crippen LogP contribution in [0.4, 0.5) is 5.69 Å². The van der Waals surface area contributed by atoms with Crippen LogP contribution in [0.1, 0.15) is 48.0 Å². The molecule has 3 aromatic rings. The summed E-state index contributed by atoms with van der Waals surface area (Å²) in [7, 11) is 0. The maximum atomic E-state index is 13.4. The number of carbonyl (C=O) groups excluding carboxylic acids is 1. The Balaban J connectivity index is 0.000000568. The molecule has 4 rings (SSSR count). The van der Waals surface area contributed by atoms with Gasteiger partial charge in [0.15, 0.2) is 0 Å². The molecule has 2 heterocycles. The first kappa shape index (κ1) is 28.0. The Labute approximate surface area is 221 Å². The van der Waals surface area contributed by atoms with Crippen LogP contribution >= 0.6 is 11.3 Å². The minimum absolute atomic E-state index is 0.162. The van der Waals surface area contributed by atoms with E-state index in [-0.39, 0.29) is 5.91 Å². The van der Waals surface area contributed by atoms with E-state index in [0.717, 1.165) is 48.9 Å². The molecule has 8 nitrogen and oxygen atoms in total. The number of likely N-dealkylation sites (tertiary alicyclic amines) is 1. The van der Waals surface area contributed by atoms with E-state index in [9.17, 15) is 4.79 Å². The number of aliphatic carboxylic acids is 2. The van der Waals surface area contributed by atoms with Crippen LogP contribution in [0.5, 0.6) is 0 Å². The summed E-state index contributed by atoms with van der Waals surface area (Å²) in [6.45, 7) is 8.90. The monoisotopic (exact) mass is 523 g/mol. The number of carbonyl (C=O) groups is 3. The quantitative estimate of drug-likeness (QED) is 0.444. The van der Waals surface area contributed by atoms with Crippen LogP contribution in [0.2, 0.25) is 0 Å². The van der Waals surface area contributed by atoms with E-state index in [2.05, 4.69) is 70.6 Å². The molecule has 1 amide bonds. The number of nitrogens with zero attached hydrogens (tertiary/aromatic N) is 3. The number of aromatic nitrogens is 1. The Hall–Kier alpha value is -3.56. The van der Waals surface area contributed by atoms with E-state index < -0.39 is 17.5 Å². The van der Waals surface area contributed by atoms with Gasteiger partial charge in [-0.3, -0.25) is 14.6 Å². The standard InChI is InChI=1S/C26H31N3OS.C2H2O4/c1-4-24(30)29(23-12-8-9-20(2)17-23)26(25-27-21(3)19-31-25)13-15-28(16-14-26)18-22-10-6-5-7-11-22;3-1(4)2(5)6/h5-12,17,19H,4,13-16,18H2,1-3H3;(H,3,4)(H,5,6). The summed E-state index contributed by atoms with van der Waals surface area (Å²) in [5.74, 6) is -3.49. The van der Waals surface area contributed by atoms with E-state index in [4.69, 9.17) is 24.8 Å². The molecule has 1 saturated heterocycles. The maximum Gasteiger partial charge on any atom is 0.414 e. The van der Waals surface area contributed by atoms with Crippen molar-refractivity contribution in [1.82, 2.24) is 9.88 Å². The minimum atomic E-state index is -1.82.